The molecule has 17 heavy (non-hydrogen) atoms. The molecule has 0 aliphatic heterocycles. The number of carboxylic acids is 1. The zero-order chi connectivity index (χ0) is 12.8. The lowest BCUT2D eigenvalue weighted by atomic mass is 10.1. The molecule has 0 bridgehead atoms. The van der Waals surface area contributed by atoms with E-state index in [1.165, 1.54) is 0 Å². The third kappa shape index (κ3) is 3.52. The number of rotatable bonds is 5. The lowest BCUT2D eigenvalue weighted by Crippen LogP contribution is -1.94. The second-order valence-electron chi connectivity index (χ2n) is 3.57. The lowest BCUT2D eigenvalue weighted by Gasteiger charge is -2.10. The van der Waals surface area contributed by atoms with Gasteiger partial charge in [-0.05, 0) is 24.6 Å². The number of carboxylic acid groups (broad SMARTS) is 1. The van der Waals surface area contributed by atoms with Crippen LogP contribution in [-0.4, -0.2) is 25.3 Å². The molecule has 0 aliphatic carbocycles. The summed E-state index contributed by atoms with van der Waals surface area (Å²) in [4.78, 5) is 10.4. The molecule has 1 rings (SSSR count). The molecule has 1 aromatic rings. The van der Waals surface area contributed by atoms with Crippen LogP contribution in [0.15, 0.2) is 18.2 Å². The zero-order valence-electron chi connectivity index (χ0n) is 10.2. The van der Waals surface area contributed by atoms with Crippen LogP contribution in [-0.2, 0) is 4.79 Å². The normalized spacial score (nSPS) is 10.5. The van der Waals surface area contributed by atoms with E-state index in [-0.39, 0.29) is 6.42 Å². The van der Waals surface area contributed by atoms with Gasteiger partial charge in [-0.15, -0.1) is 0 Å². The number of ether oxygens (including phenoxy) is 2. The number of methoxy groups -OCH3 is 2. The lowest BCUT2D eigenvalue weighted by molar-refractivity contribution is -0.135. The molecule has 0 saturated heterocycles. The number of hydrogen-bond donors (Lipinski definition) is 1. The first kappa shape index (κ1) is 13.1. The van der Waals surface area contributed by atoms with Gasteiger partial charge in [0, 0.05) is 5.56 Å². The second kappa shape index (κ2) is 5.94. The van der Waals surface area contributed by atoms with Crippen LogP contribution >= 0.6 is 0 Å². The predicted octanol–water partition coefficient (Wildman–Crippen LogP) is 2.50. The fraction of sp³-hybridized carbons (Fsp3) is 0.308. The van der Waals surface area contributed by atoms with E-state index in [1.54, 1.807) is 26.4 Å². The molecule has 0 fully saturated rings. The van der Waals surface area contributed by atoms with E-state index in [9.17, 15) is 4.79 Å². The van der Waals surface area contributed by atoms with Gasteiger partial charge in [0.15, 0.2) is 0 Å². The van der Waals surface area contributed by atoms with Crippen molar-refractivity contribution in [3.8, 4) is 11.5 Å². The van der Waals surface area contributed by atoms with Crippen molar-refractivity contribution < 1.29 is 19.4 Å². The van der Waals surface area contributed by atoms with Crippen molar-refractivity contribution in [3.05, 3.63) is 29.3 Å². The van der Waals surface area contributed by atoms with Crippen LogP contribution in [0.5, 0.6) is 11.5 Å². The summed E-state index contributed by atoms with van der Waals surface area (Å²) in [5.41, 5.74) is 1.76. The molecule has 0 spiro atoms. The van der Waals surface area contributed by atoms with Gasteiger partial charge in [0.05, 0.1) is 20.6 Å². The summed E-state index contributed by atoms with van der Waals surface area (Å²) in [6.07, 6.45) is 3.29. The number of hydrogen-bond acceptors (Lipinski definition) is 3. The van der Waals surface area contributed by atoms with E-state index in [4.69, 9.17) is 14.6 Å². The van der Waals surface area contributed by atoms with Gasteiger partial charge in [0.1, 0.15) is 11.5 Å². The van der Waals surface area contributed by atoms with E-state index in [0.717, 1.165) is 22.6 Å². The van der Waals surface area contributed by atoms with Gasteiger partial charge in [-0.1, -0.05) is 12.2 Å². The molecule has 0 heterocycles. The maximum atomic E-state index is 10.4. The average molecular weight is 236 g/mol. The fourth-order valence-electron chi connectivity index (χ4n) is 1.57. The Morgan fingerprint density at radius 3 is 2.59 bits per heavy atom. The van der Waals surface area contributed by atoms with Crippen molar-refractivity contribution in [2.75, 3.05) is 14.2 Å². The molecule has 0 unspecified atom stereocenters. The minimum absolute atomic E-state index is 0.0145. The molecule has 4 nitrogen and oxygen atoms in total. The molecule has 0 aliphatic rings. The first-order valence-electron chi connectivity index (χ1n) is 5.19. The van der Waals surface area contributed by atoms with Gasteiger partial charge in [-0.25, -0.2) is 0 Å². The van der Waals surface area contributed by atoms with E-state index in [0.29, 0.717) is 0 Å². The Labute approximate surface area is 100 Å². The first-order chi connectivity index (χ1) is 8.08. The molecule has 1 aromatic carbocycles. The summed E-state index contributed by atoms with van der Waals surface area (Å²) in [5.74, 6) is 0.588. The SMILES string of the molecule is COc1cc(C)c(OC)c(/C=C/CC(=O)O)c1. The monoisotopic (exact) mass is 236 g/mol. The smallest absolute Gasteiger partial charge is 0.307 e. The van der Waals surface area contributed by atoms with Crippen LogP contribution in [0, 0.1) is 6.92 Å². The third-order valence-electron chi connectivity index (χ3n) is 2.31. The van der Waals surface area contributed by atoms with Crippen LogP contribution in [0.1, 0.15) is 17.5 Å². The molecule has 0 radical (unpaired) electrons. The summed E-state index contributed by atoms with van der Waals surface area (Å²) in [6, 6.07) is 3.68. The van der Waals surface area contributed by atoms with Crippen molar-refractivity contribution in [1.29, 1.82) is 0 Å². The first-order valence-corrected chi connectivity index (χ1v) is 5.19. The van der Waals surface area contributed by atoms with Crippen LogP contribution in [0.2, 0.25) is 0 Å². The molecule has 1 N–H and O–H groups in total. The molecule has 0 atom stereocenters. The van der Waals surface area contributed by atoms with Gasteiger partial charge < -0.3 is 14.6 Å². The highest BCUT2D eigenvalue weighted by molar-refractivity contribution is 5.71. The summed E-state index contributed by atoms with van der Waals surface area (Å²) in [7, 11) is 3.18. The van der Waals surface area contributed by atoms with E-state index in [1.807, 2.05) is 19.1 Å². The van der Waals surface area contributed by atoms with E-state index in [2.05, 4.69) is 0 Å². The highest BCUT2D eigenvalue weighted by Gasteiger charge is 2.06. The highest BCUT2D eigenvalue weighted by atomic mass is 16.5. The fourth-order valence-corrected chi connectivity index (χ4v) is 1.57. The summed E-state index contributed by atoms with van der Waals surface area (Å²) in [6.45, 7) is 1.91. The number of aliphatic carboxylic acids is 1. The van der Waals surface area contributed by atoms with Gasteiger partial charge >= 0.3 is 5.97 Å². The van der Waals surface area contributed by atoms with Crippen LogP contribution < -0.4 is 9.47 Å². The van der Waals surface area contributed by atoms with Crippen molar-refractivity contribution in [3.63, 3.8) is 0 Å². The van der Waals surface area contributed by atoms with Crippen molar-refractivity contribution >= 4 is 12.0 Å². The molecule has 92 valence electrons. The van der Waals surface area contributed by atoms with Crippen LogP contribution in [0.4, 0.5) is 0 Å². The minimum Gasteiger partial charge on any atom is -0.497 e. The highest BCUT2D eigenvalue weighted by Crippen LogP contribution is 2.29. The Kier molecular flexibility index (Phi) is 4.57. The number of aryl methyl sites for hydroxylation is 1. The molecule has 4 heteroatoms. The van der Waals surface area contributed by atoms with Crippen LogP contribution in [0.3, 0.4) is 0 Å². The Balaban J connectivity index is 3.06. The third-order valence-corrected chi connectivity index (χ3v) is 2.31. The maximum Gasteiger partial charge on any atom is 0.307 e. The summed E-state index contributed by atoms with van der Waals surface area (Å²) in [5, 5.41) is 8.57. The molecule has 0 amide bonds. The zero-order valence-corrected chi connectivity index (χ0v) is 10.2. The Morgan fingerprint density at radius 2 is 2.06 bits per heavy atom. The second-order valence-corrected chi connectivity index (χ2v) is 3.57. The van der Waals surface area contributed by atoms with Crippen molar-refractivity contribution in [2.24, 2.45) is 0 Å². The number of carbonyl (C=O) groups is 1. The molecule has 0 saturated carbocycles. The maximum absolute atomic E-state index is 10.4. The van der Waals surface area contributed by atoms with Crippen molar-refractivity contribution in [2.45, 2.75) is 13.3 Å². The Bertz CT molecular complexity index is 435. The van der Waals surface area contributed by atoms with E-state index >= 15 is 0 Å². The average Bonchev–Trinajstić information content (AvgIpc) is 2.28. The standard InChI is InChI=1S/C13H16O4/c1-9-7-11(16-2)8-10(13(9)17-3)5-4-6-12(14)15/h4-5,7-8H,6H2,1-3H3,(H,14,15)/b5-4+. The van der Waals surface area contributed by atoms with E-state index < -0.39 is 5.97 Å². The quantitative estimate of drug-likeness (QED) is 0.853. The minimum atomic E-state index is -0.861. The summed E-state index contributed by atoms with van der Waals surface area (Å²) >= 11 is 0. The molecular weight excluding hydrogens is 220 g/mol. The molecule has 0 aromatic heterocycles. The van der Waals surface area contributed by atoms with Crippen molar-refractivity contribution in [1.82, 2.24) is 0 Å². The summed E-state index contributed by atoms with van der Waals surface area (Å²) < 4.78 is 10.4. The van der Waals surface area contributed by atoms with Gasteiger partial charge in [0.25, 0.3) is 0 Å². The van der Waals surface area contributed by atoms with Gasteiger partial charge in [-0.2, -0.15) is 0 Å². The largest absolute Gasteiger partial charge is 0.497 e. The predicted molar refractivity (Wildman–Crippen MR) is 65.6 cm³/mol. The van der Waals surface area contributed by atoms with Gasteiger partial charge in [-0.3, -0.25) is 4.79 Å². The Morgan fingerprint density at radius 1 is 1.35 bits per heavy atom. The van der Waals surface area contributed by atoms with Gasteiger partial charge in [0.2, 0.25) is 0 Å². The number of benzene rings is 1. The molecular formula is C13H16O4. The topological polar surface area (TPSA) is 55.8 Å². The van der Waals surface area contributed by atoms with Crippen LogP contribution in [0.25, 0.3) is 6.08 Å². The Hall–Kier alpha value is -1.97.